The molecule has 0 aliphatic rings. The van der Waals surface area contributed by atoms with Crippen LogP contribution in [-0.2, 0) is 4.79 Å². The number of hydrogen-bond donors (Lipinski definition) is 2. The number of nitrogens with zero attached hydrogens (tertiary/aromatic N) is 1. The molecule has 0 aromatic heterocycles. The molecular weight excluding hydrogens is 448 g/mol. The molecule has 0 radical (unpaired) electrons. The minimum Gasteiger partial charge on any atom is -0.480 e. The summed E-state index contributed by atoms with van der Waals surface area (Å²) < 4.78 is 0. The van der Waals surface area contributed by atoms with Crippen molar-refractivity contribution in [3.63, 3.8) is 0 Å². The van der Waals surface area contributed by atoms with Gasteiger partial charge in [0.15, 0.2) is 0 Å². The smallest absolute Gasteiger partial charge is 0.326 e. The number of anilines is 1. The molecule has 0 heterocycles. The van der Waals surface area contributed by atoms with Crippen molar-refractivity contribution in [1.82, 2.24) is 4.90 Å². The van der Waals surface area contributed by atoms with Gasteiger partial charge in [0.2, 0.25) is 0 Å². The summed E-state index contributed by atoms with van der Waals surface area (Å²) in [6, 6.07) is 17.4. The highest BCUT2D eigenvalue weighted by atomic mass is 35.5. The topological polar surface area (TPSA) is 69.6 Å². The summed E-state index contributed by atoms with van der Waals surface area (Å²) in [6.07, 6.45) is 0. The maximum atomic E-state index is 13.0. The van der Waals surface area contributed by atoms with E-state index in [1.807, 2.05) is 63.2 Å². The highest BCUT2D eigenvalue weighted by Crippen LogP contribution is 2.30. The van der Waals surface area contributed by atoms with Crippen LogP contribution in [0.3, 0.4) is 0 Å². The van der Waals surface area contributed by atoms with Crippen LogP contribution in [0.2, 0.25) is 5.02 Å². The second-order valence-electron chi connectivity index (χ2n) is 8.87. The lowest BCUT2D eigenvalue weighted by Crippen LogP contribution is -2.40. The Labute approximate surface area is 206 Å². The third kappa shape index (κ3) is 5.42. The molecule has 3 rings (SSSR count). The van der Waals surface area contributed by atoms with Crippen molar-refractivity contribution < 1.29 is 14.7 Å². The monoisotopic (exact) mass is 478 g/mol. The van der Waals surface area contributed by atoms with Gasteiger partial charge in [-0.05, 0) is 86.2 Å². The normalized spacial score (nSPS) is 12.7. The van der Waals surface area contributed by atoms with E-state index >= 15 is 0 Å². The predicted octanol–water partition coefficient (Wildman–Crippen LogP) is 6.65. The minimum absolute atomic E-state index is 0.0986. The van der Waals surface area contributed by atoms with Gasteiger partial charge in [0.1, 0.15) is 6.04 Å². The number of benzene rings is 3. The van der Waals surface area contributed by atoms with Crippen LogP contribution in [0.5, 0.6) is 0 Å². The number of carboxylic acids is 1. The van der Waals surface area contributed by atoms with E-state index in [2.05, 4.69) is 24.4 Å². The Balaban J connectivity index is 1.87. The standard InChI is InChI=1S/C28H31ClN2O3/c1-16-12-21(10-11-25(16)29)19(4)30-24-9-7-8-22(15-24)23-13-17(2)26(18(3)14-23)27(32)31(6)20(5)28(33)34/h7-15,19-20,30H,1-6H3,(H,33,34)/t19?,20-/m0/s1. The Kier molecular flexibility index (Phi) is 7.68. The summed E-state index contributed by atoms with van der Waals surface area (Å²) >= 11 is 6.17. The van der Waals surface area contributed by atoms with Gasteiger partial charge in [-0.1, -0.05) is 48.0 Å². The molecule has 0 aliphatic heterocycles. The fraction of sp³-hybridized carbons (Fsp3) is 0.286. The number of rotatable bonds is 7. The van der Waals surface area contributed by atoms with Crippen molar-refractivity contribution in [2.75, 3.05) is 12.4 Å². The van der Waals surface area contributed by atoms with E-state index in [-0.39, 0.29) is 11.9 Å². The number of carbonyl (C=O) groups excluding carboxylic acids is 1. The van der Waals surface area contributed by atoms with Gasteiger partial charge in [-0.25, -0.2) is 4.79 Å². The number of amides is 1. The second kappa shape index (κ2) is 10.3. The molecule has 0 bridgehead atoms. The zero-order chi connectivity index (χ0) is 25.2. The number of hydrogen-bond acceptors (Lipinski definition) is 3. The van der Waals surface area contributed by atoms with E-state index in [1.54, 1.807) is 0 Å². The molecule has 0 spiro atoms. The van der Waals surface area contributed by atoms with Gasteiger partial charge in [-0.3, -0.25) is 4.79 Å². The summed E-state index contributed by atoms with van der Waals surface area (Å²) in [5.41, 5.74) is 7.39. The Morgan fingerprint density at radius 3 is 2.15 bits per heavy atom. The third-order valence-corrected chi connectivity index (χ3v) is 6.69. The van der Waals surface area contributed by atoms with E-state index in [0.29, 0.717) is 5.56 Å². The number of halogens is 1. The first-order chi connectivity index (χ1) is 16.0. The van der Waals surface area contributed by atoms with Crippen LogP contribution in [-0.4, -0.2) is 35.0 Å². The van der Waals surface area contributed by atoms with Crippen LogP contribution in [0, 0.1) is 20.8 Å². The SMILES string of the molecule is Cc1cc(C(C)Nc2cccc(-c3cc(C)c(C(=O)N(C)[C@@H](C)C(=O)O)c(C)c3)c2)ccc1Cl. The number of nitrogens with one attached hydrogen (secondary N) is 1. The van der Waals surface area contributed by atoms with Gasteiger partial charge >= 0.3 is 5.97 Å². The van der Waals surface area contributed by atoms with Crippen molar-refractivity contribution in [1.29, 1.82) is 0 Å². The number of carboxylic acid groups (broad SMARTS) is 1. The molecule has 6 heteroatoms. The summed E-state index contributed by atoms with van der Waals surface area (Å²) in [7, 11) is 1.52. The van der Waals surface area contributed by atoms with Gasteiger partial charge in [-0.2, -0.15) is 0 Å². The van der Waals surface area contributed by atoms with Crippen molar-refractivity contribution >= 4 is 29.2 Å². The molecule has 3 aromatic rings. The average molecular weight is 479 g/mol. The van der Waals surface area contributed by atoms with Crippen LogP contribution in [0.25, 0.3) is 11.1 Å². The average Bonchev–Trinajstić information content (AvgIpc) is 2.79. The first-order valence-corrected chi connectivity index (χ1v) is 11.6. The number of likely N-dealkylation sites (N-methyl/N-ethyl adjacent to an activating group) is 1. The molecule has 0 aliphatic carbocycles. The van der Waals surface area contributed by atoms with Crippen molar-refractivity contribution in [3.05, 3.63) is 87.4 Å². The van der Waals surface area contributed by atoms with Crippen molar-refractivity contribution in [2.24, 2.45) is 0 Å². The molecule has 0 fully saturated rings. The molecule has 3 aromatic carbocycles. The molecule has 1 unspecified atom stereocenters. The second-order valence-corrected chi connectivity index (χ2v) is 9.28. The molecular formula is C28H31ClN2O3. The highest BCUT2D eigenvalue weighted by molar-refractivity contribution is 6.31. The molecule has 34 heavy (non-hydrogen) atoms. The number of aliphatic carboxylic acids is 1. The van der Waals surface area contributed by atoms with E-state index in [1.165, 1.54) is 18.9 Å². The van der Waals surface area contributed by atoms with Gasteiger partial charge < -0.3 is 15.3 Å². The lowest BCUT2D eigenvalue weighted by Gasteiger charge is -2.24. The molecule has 1 amide bonds. The molecule has 2 N–H and O–H groups in total. The van der Waals surface area contributed by atoms with Gasteiger partial charge in [0.05, 0.1) is 0 Å². The molecule has 5 nitrogen and oxygen atoms in total. The fourth-order valence-electron chi connectivity index (χ4n) is 4.04. The first kappa shape index (κ1) is 25.3. The molecule has 2 atom stereocenters. The Morgan fingerprint density at radius 2 is 1.56 bits per heavy atom. The maximum absolute atomic E-state index is 13.0. The summed E-state index contributed by atoms with van der Waals surface area (Å²) in [4.78, 5) is 25.6. The van der Waals surface area contributed by atoms with Crippen LogP contribution in [0.4, 0.5) is 5.69 Å². The molecule has 0 saturated carbocycles. The van der Waals surface area contributed by atoms with Crippen molar-refractivity contribution in [2.45, 2.75) is 46.7 Å². The van der Waals surface area contributed by atoms with Crippen LogP contribution in [0.15, 0.2) is 54.6 Å². The quantitative estimate of drug-likeness (QED) is 0.398. The summed E-state index contributed by atoms with van der Waals surface area (Å²) in [5.74, 6) is -1.32. The summed E-state index contributed by atoms with van der Waals surface area (Å²) in [6.45, 7) is 9.38. The third-order valence-electron chi connectivity index (χ3n) is 6.27. The lowest BCUT2D eigenvalue weighted by molar-refractivity contribution is -0.141. The highest BCUT2D eigenvalue weighted by Gasteiger charge is 2.25. The first-order valence-electron chi connectivity index (χ1n) is 11.2. The Morgan fingerprint density at radius 1 is 0.912 bits per heavy atom. The largest absolute Gasteiger partial charge is 0.480 e. The van der Waals surface area contributed by atoms with E-state index in [9.17, 15) is 14.7 Å². The Hall–Kier alpha value is -3.31. The zero-order valence-corrected chi connectivity index (χ0v) is 21.2. The molecule has 178 valence electrons. The van der Waals surface area contributed by atoms with Crippen molar-refractivity contribution in [3.8, 4) is 11.1 Å². The van der Waals surface area contributed by atoms with Crippen LogP contribution in [0.1, 0.15) is 52.5 Å². The maximum Gasteiger partial charge on any atom is 0.326 e. The minimum atomic E-state index is -1.03. The molecule has 0 saturated heterocycles. The van der Waals surface area contributed by atoms with Crippen LogP contribution < -0.4 is 5.32 Å². The fourth-order valence-corrected chi connectivity index (χ4v) is 4.16. The van der Waals surface area contributed by atoms with Gasteiger partial charge in [0.25, 0.3) is 5.91 Å². The number of aryl methyl sites for hydroxylation is 3. The summed E-state index contributed by atoms with van der Waals surface area (Å²) in [5, 5.41) is 13.6. The van der Waals surface area contributed by atoms with Crippen LogP contribution >= 0.6 is 11.6 Å². The van der Waals surface area contributed by atoms with Gasteiger partial charge in [-0.15, -0.1) is 0 Å². The predicted molar refractivity (Wildman–Crippen MR) is 139 cm³/mol. The van der Waals surface area contributed by atoms with Gasteiger partial charge in [0, 0.05) is 29.4 Å². The zero-order valence-electron chi connectivity index (χ0n) is 20.4. The van der Waals surface area contributed by atoms with E-state index < -0.39 is 12.0 Å². The lowest BCUT2D eigenvalue weighted by atomic mass is 9.94. The van der Waals surface area contributed by atoms with E-state index in [4.69, 9.17) is 11.6 Å². The van der Waals surface area contributed by atoms with E-state index in [0.717, 1.165) is 44.1 Å². The Bertz CT molecular complexity index is 1220. The number of carbonyl (C=O) groups is 2.